The second kappa shape index (κ2) is 13.4. The highest BCUT2D eigenvalue weighted by molar-refractivity contribution is 7.52. The van der Waals surface area contributed by atoms with Crippen molar-refractivity contribution >= 4 is 25.3 Å². The van der Waals surface area contributed by atoms with Gasteiger partial charge in [0, 0.05) is 17.3 Å². The monoisotopic (exact) mass is 544 g/mol. The maximum absolute atomic E-state index is 13.5. The van der Waals surface area contributed by atoms with E-state index >= 15 is 0 Å². The van der Waals surface area contributed by atoms with E-state index in [1.807, 2.05) is 11.1 Å². The lowest BCUT2D eigenvalue weighted by Crippen LogP contribution is -2.39. The van der Waals surface area contributed by atoms with Crippen molar-refractivity contribution in [2.45, 2.75) is 44.7 Å². The van der Waals surface area contributed by atoms with Crippen LogP contribution in [0.15, 0.2) is 46.1 Å². The molecule has 0 bridgehead atoms. The second-order valence-corrected chi connectivity index (χ2v) is 9.59. The van der Waals surface area contributed by atoms with Crippen molar-refractivity contribution in [2.24, 2.45) is 0 Å². The summed E-state index contributed by atoms with van der Waals surface area (Å²) in [6.45, 7) is 2.17. The Bertz CT molecular complexity index is 1230. The first-order valence-electron chi connectivity index (χ1n) is 10.5. The molecule has 0 spiro atoms. The fraction of sp³-hybridized carbons (Fsp3) is 0.429. The second-order valence-electron chi connectivity index (χ2n) is 7.46. The molecule has 2 aromatic rings. The summed E-state index contributed by atoms with van der Waals surface area (Å²) < 4.78 is 35.8. The molecule has 0 aliphatic carbocycles. The smallest absolute Gasteiger partial charge is 0.459 e. The molecule has 3 N–H and O–H groups in total. The van der Waals surface area contributed by atoms with Crippen molar-refractivity contribution in [1.82, 2.24) is 14.6 Å². The normalized spacial score (nSPS) is 16.1. The van der Waals surface area contributed by atoms with Crippen LogP contribution in [0.1, 0.15) is 26.5 Å². The Morgan fingerprint density at radius 3 is 2.50 bits per heavy atom. The number of hydrogen-bond acceptors (Lipinski definition) is 10. The number of hydrogen-bond donors (Lipinski definition) is 3. The summed E-state index contributed by atoms with van der Waals surface area (Å²) in [5.74, 6) is -0.641. The van der Waals surface area contributed by atoms with E-state index < -0.39 is 56.0 Å². The fourth-order valence-corrected chi connectivity index (χ4v) is 4.43. The molecular formula is C21H26ClN4O9P. The molecule has 0 fully saturated rings. The molecule has 196 valence electrons. The number of H-pyrrole nitrogens is 1. The maximum atomic E-state index is 13.5. The Morgan fingerprint density at radius 2 is 1.94 bits per heavy atom. The minimum Gasteiger partial charge on any atom is -0.468 e. The van der Waals surface area contributed by atoms with E-state index in [1.54, 1.807) is 0 Å². The molecule has 0 saturated heterocycles. The highest BCUT2D eigenvalue weighted by Gasteiger charge is 2.34. The van der Waals surface area contributed by atoms with Crippen LogP contribution in [0.5, 0.6) is 5.75 Å². The number of aliphatic hydroxyl groups excluding tert-OH is 1. The number of carbonyl (C=O) groups excluding carboxylic acids is 1. The lowest BCUT2D eigenvalue weighted by atomic mass is 10.2. The highest BCUT2D eigenvalue weighted by atomic mass is 35.5. The number of methoxy groups -OCH3 is 1. The van der Waals surface area contributed by atoms with Gasteiger partial charge in [0.1, 0.15) is 17.9 Å². The van der Waals surface area contributed by atoms with Crippen LogP contribution < -0.4 is 20.9 Å². The van der Waals surface area contributed by atoms with Crippen LogP contribution in [0.25, 0.3) is 0 Å². The van der Waals surface area contributed by atoms with E-state index in [0.717, 1.165) is 23.9 Å². The molecule has 1 heterocycles. The minimum absolute atomic E-state index is 0.101. The summed E-state index contributed by atoms with van der Waals surface area (Å²) in [4.78, 5) is 37.5. The summed E-state index contributed by atoms with van der Waals surface area (Å²) in [6, 6.07) is 7.64. The number of aromatic nitrogens is 2. The first kappa shape index (κ1) is 29.3. The Balaban J connectivity index is 2.27. The number of ether oxygens (including phenoxy) is 2. The molecule has 1 aromatic carbocycles. The Morgan fingerprint density at radius 1 is 1.28 bits per heavy atom. The van der Waals surface area contributed by atoms with Crippen molar-refractivity contribution in [1.29, 1.82) is 5.26 Å². The van der Waals surface area contributed by atoms with Crippen LogP contribution in [-0.2, 0) is 23.4 Å². The van der Waals surface area contributed by atoms with Gasteiger partial charge in [-0.05, 0) is 38.1 Å². The lowest BCUT2D eigenvalue weighted by Gasteiger charge is -2.28. The van der Waals surface area contributed by atoms with Gasteiger partial charge in [0.2, 0.25) is 0 Å². The number of aliphatic hydroxyl groups is 1. The zero-order chi connectivity index (χ0) is 26.9. The molecule has 2 rings (SSSR count). The van der Waals surface area contributed by atoms with Crippen molar-refractivity contribution in [3.63, 3.8) is 0 Å². The zero-order valence-electron chi connectivity index (χ0n) is 19.6. The molecule has 5 atom stereocenters. The number of nitrogens with one attached hydrogen (secondary N) is 2. The third-order valence-electron chi connectivity index (χ3n) is 4.65. The number of benzene rings is 1. The van der Waals surface area contributed by atoms with E-state index in [4.69, 9.17) is 25.4 Å². The SMILES string of the molecule is COC(=O)[C@H](C)NP(=O)(OC[C@@H](O[C@H](CC#N)n1ccc(=O)[nH]c1=O)C(C)O)Oc1ccc(Cl)cc1. The Hall–Kier alpha value is -2.98. The zero-order valence-corrected chi connectivity index (χ0v) is 21.3. The minimum atomic E-state index is -4.29. The summed E-state index contributed by atoms with van der Waals surface area (Å²) in [6.07, 6.45) is -2.87. The van der Waals surface area contributed by atoms with E-state index in [1.165, 1.54) is 38.1 Å². The van der Waals surface area contributed by atoms with Gasteiger partial charge in [-0.3, -0.25) is 23.7 Å². The standard InChI is InChI=1S/C21H26ClN4O9P/c1-13(20(29)32-3)25-36(31,35-16-6-4-15(22)5-7-16)33-12-17(14(2)27)34-19(8-10-23)26-11-9-18(28)24-21(26)30/h4-7,9,11,13-14,17,19,27H,8,12H2,1-3H3,(H,25,31)(H,24,28,30)/t13-,14?,17+,19+,36?/m0/s1. The number of aromatic amines is 1. The quantitative estimate of drug-likeness (QED) is 0.246. The van der Waals surface area contributed by atoms with E-state index in [0.29, 0.717) is 5.02 Å². The van der Waals surface area contributed by atoms with Gasteiger partial charge in [-0.25, -0.2) is 9.36 Å². The predicted octanol–water partition coefficient (Wildman–Crippen LogP) is 1.72. The van der Waals surface area contributed by atoms with Crippen molar-refractivity contribution < 1.29 is 33.0 Å². The van der Waals surface area contributed by atoms with Gasteiger partial charge in [-0.15, -0.1) is 0 Å². The molecule has 0 aliphatic heterocycles. The van der Waals surface area contributed by atoms with Gasteiger partial charge in [0.05, 0.1) is 32.3 Å². The van der Waals surface area contributed by atoms with Crippen LogP contribution in [0.2, 0.25) is 5.02 Å². The molecule has 0 amide bonds. The largest absolute Gasteiger partial charge is 0.468 e. The lowest BCUT2D eigenvalue weighted by molar-refractivity contribution is -0.142. The molecule has 36 heavy (non-hydrogen) atoms. The molecule has 13 nitrogen and oxygen atoms in total. The van der Waals surface area contributed by atoms with Gasteiger partial charge < -0.3 is 19.1 Å². The fourth-order valence-electron chi connectivity index (χ4n) is 2.80. The average Bonchev–Trinajstić information content (AvgIpc) is 2.82. The Labute approximate surface area is 211 Å². The maximum Gasteiger partial charge on any atom is 0.459 e. The molecular weight excluding hydrogens is 519 g/mol. The average molecular weight is 545 g/mol. The van der Waals surface area contributed by atoms with Crippen molar-refractivity contribution in [3.05, 3.63) is 62.4 Å². The van der Waals surface area contributed by atoms with Crippen molar-refractivity contribution in [3.8, 4) is 11.8 Å². The summed E-state index contributed by atoms with van der Waals surface area (Å²) >= 11 is 5.87. The molecule has 2 unspecified atom stereocenters. The van der Waals surface area contributed by atoms with E-state index in [2.05, 4.69) is 9.82 Å². The molecule has 15 heteroatoms. The number of halogens is 1. The summed E-state index contributed by atoms with van der Waals surface area (Å²) in [7, 11) is -3.14. The number of nitrogens with zero attached hydrogens (tertiary/aromatic N) is 2. The molecule has 0 saturated carbocycles. The van der Waals surface area contributed by atoms with Gasteiger partial charge in [0.15, 0.2) is 6.23 Å². The third-order valence-corrected chi connectivity index (χ3v) is 6.55. The van der Waals surface area contributed by atoms with Crippen LogP contribution >= 0.6 is 19.3 Å². The molecule has 0 radical (unpaired) electrons. The number of rotatable bonds is 13. The predicted molar refractivity (Wildman–Crippen MR) is 127 cm³/mol. The van der Waals surface area contributed by atoms with E-state index in [9.17, 15) is 29.3 Å². The Kier molecular flexibility index (Phi) is 10.9. The van der Waals surface area contributed by atoms with Gasteiger partial charge in [-0.1, -0.05) is 11.6 Å². The number of carbonyl (C=O) groups is 1. The number of nitriles is 1. The van der Waals surface area contributed by atoms with E-state index in [-0.39, 0.29) is 12.2 Å². The topological polar surface area (TPSA) is 182 Å². The van der Waals surface area contributed by atoms with Gasteiger partial charge in [-0.2, -0.15) is 10.3 Å². The van der Waals surface area contributed by atoms with Crippen LogP contribution in [0, 0.1) is 11.3 Å². The van der Waals surface area contributed by atoms with Crippen LogP contribution in [0.4, 0.5) is 0 Å². The summed E-state index contributed by atoms with van der Waals surface area (Å²) in [5, 5.41) is 22.3. The van der Waals surface area contributed by atoms with Crippen LogP contribution in [-0.4, -0.2) is 52.6 Å². The summed E-state index contributed by atoms with van der Waals surface area (Å²) in [5.41, 5.74) is -1.48. The van der Waals surface area contributed by atoms with Gasteiger partial charge in [0.25, 0.3) is 5.56 Å². The first-order valence-corrected chi connectivity index (χ1v) is 12.5. The molecule has 1 aromatic heterocycles. The first-order chi connectivity index (χ1) is 17.0. The van der Waals surface area contributed by atoms with Crippen LogP contribution in [0.3, 0.4) is 0 Å². The molecule has 0 aliphatic rings. The van der Waals surface area contributed by atoms with Gasteiger partial charge >= 0.3 is 19.4 Å². The van der Waals surface area contributed by atoms with Crippen molar-refractivity contribution in [2.75, 3.05) is 13.7 Å². The number of esters is 1. The highest BCUT2D eigenvalue weighted by Crippen LogP contribution is 2.45. The third kappa shape index (κ3) is 8.60.